The highest BCUT2D eigenvalue weighted by Crippen LogP contribution is 2.32. The molecule has 156 valence electrons. The summed E-state index contributed by atoms with van der Waals surface area (Å²) in [7, 11) is -2.16. The number of sulfone groups is 1. The van der Waals surface area contributed by atoms with Gasteiger partial charge in [0.25, 0.3) is 0 Å². The fraction of sp³-hybridized carbons (Fsp3) is 0.235. The van der Waals surface area contributed by atoms with Gasteiger partial charge in [-0.1, -0.05) is 12.1 Å². The molecule has 4 heterocycles. The van der Waals surface area contributed by atoms with Crippen molar-refractivity contribution >= 4 is 20.9 Å². The van der Waals surface area contributed by atoms with Gasteiger partial charge in [0.2, 0.25) is 0 Å². The number of halogens is 3. The Morgan fingerprint density at radius 2 is 1.93 bits per heavy atom. The van der Waals surface area contributed by atoms with Crippen molar-refractivity contribution in [3.63, 3.8) is 0 Å². The maximum atomic E-state index is 13.0. The van der Waals surface area contributed by atoms with Crippen LogP contribution in [0.3, 0.4) is 0 Å². The van der Waals surface area contributed by atoms with E-state index in [1.165, 1.54) is 40.7 Å². The van der Waals surface area contributed by atoms with E-state index in [0.29, 0.717) is 5.52 Å². The van der Waals surface area contributed by atoms with Crippen LogP contribution in [-0.2, 0) is 23.1 Å². The molecule has 30 heavy (non-hydrogen) atoms. The molecule has 0 saturated carbocycles. The maximum Gasteiger partial charge on any atom is 0.433 e. The van der Waals surface area contributed by atoms with E-state index in [2.05, 4.69) is 25.3 Å². The van der Waals surface area contributed by atoms with E-state index in [1.54, 1.807) is 7.05 Å². The number of nitrogens with zero attached hydrogens (tertiary/aromatic N) is 7. The first-order valence-corrected chi connectivity index (χ1v) is 10.3. The Hall–Kier alpha value is -3.35. The molecule has 0 aliphatic heterocycles. The monoisotopic (exact) mass is 437 g/mol. The second kappa shape index (κ2) is 6.86. The average Bonchev–Trinajstić information content (AvgIpc) is 3.35. The summed E-state index contributed by atoms with van der Waals surface area (Å²) < 4.78 is 67.1. The molecule has 0 radical (unpaired) electrons. The van der Waals surface area contributed by atoms with Crippen molar-refractivity contribution in [3.05, 3.63) is 42.5 Å². The summed E-state index contributed by atoms with van der Waals surface area (Å²) in [4.78, 5) is 12.0. The molecule has 0 fully saturated rings. The molecule has 13 heteroatoms. The van der Waals surface area contributed by atoms with Gasteiger partial charge in [-0.15, -0.1) is 5.10 Å². The highest BCUT2D eigenvalue weighted by Gasteiger charge is 2.33. The lowest BCUT2D eigenvalue weighted by molar-refractivity contribution is -0.141. The molecule has 9 nitrogen and oxygen atoms in total. The van der Waals surface area contributed by atoms with Crippen LogP contribution in [0.15, 0.2) is 41.7 Å². The topological polar surface area (TPSA) is 108 Å². The second-order valence-electron chi connectivity index (χ2n) is 6.32. The molecule has 4 aromatic rings. The predicted molar refractivity (Wildman–Crippen MR) is 99.4 cm³/mol. The summed E-state index contributed by atoms with van der Waals surface area (Å²) in [5.41, 5.74) is -0.782. The van der Waals surface area contributed by atoms with Gasteiger partial charge >= 0.3 is 6.18 Å². The van der Waals surface area contributed by atoms with E-state index in [1.807, 2.05) is 0 Å². The van der Waals surface area contributed by atoms with Crippen LogP contribution in [0.5, 0.6) is 0 Å². The lowest BCUT2D eigenvalue weighted by Gasteiger charge is -2.10. The van der Waals surface area contributed by atoms with Crippen molar-refractivity contribution in [1.29, 1.82) is 0 Å². The molecule has 0 spiro atoms. The number of fused-ring (bicyclic) bond motifs is 1. The van der Waals surface area contributed by atoms with Crippen LogP contribution < -0.4 is 0 Å². The van der Waals surface area contributed by atoms with Gasteiger partial charge in [-0.25, -0.2) is 28.1 Å². The zero-order valence-corrected chi connectivity index (χ0v) is 16.5. The predicted octanol–water partition coefficient (Wildman–Crippen LogP) is 2.42. The first-order valence-electron chi connectivity index (χ1n) is 8.62. The Kier molecular flexibility index (Phi) is 4.56. The van der Waals surface area contributed by atoms with Crippen LogP contribution >= 0.6 is 0 Å². The van der Waals surface area contributed by atoms with Crippen LogP contribution in [0.4, 0.5) is 13.2 Å². The summed E-state index contributed by atoms with van der Waals surface area (Å²) in [6.45, 7) is 1.49. The van der Waals surface area contributed by atoms with Gasteiger partial charge in [0, 0.05) is 7.05 Å². The van der Waals surface area contributed by atoms with Crippen molar-refractivity contribution in [2.45, 2.75) is 18.0 Å². The molecular formula is C17H14F3N7O2S. The first-order chi connectivity index (χ1) is 14.1. The molecule has 0 N–H and O–H groups in total. The lowest BCUT2D eigenvalue weighted by atomic mass is 10.3. The number of imidazole rings is 1. The highest BCUT2D eigenvalue weighted by atomic mass is 32.2. The van der Waals surface area contributed by atoms with Gasteiger partial charge in [0.05, 0.1) is 40.3 Å². The van der Waals surface area contributed by atoms with Gasteiger partial charge in [-0.05, 0) is 18.2 Å². The largest absolute Gasteiger partial charge is 0.433 e. The fourth-order valence-electron chi connectivity index (χ4n) is 2.92. The molecule has 0 bridgehead atoms. The fourth-order valence-corrected chi connectivity index (χ4v) is 3.93. The normalized spacial score (nSPS) is 12.6. The molecule has 4 rings (SSSR count). The minimum absolute atomic E-state index is 0.00268. The van der Waals surface area contributed by atoms with Gasteiger partial charge in [-0.3, -0.25) is 0 Å². The van der Waals surface area contributed by atoms with Gasteiger partial charge in [0.15, 0.2) is 21.5 Å². The summed E-state index contributed by atoms with van der Waals surface area (Å²) in [5, 5.41) is 7.52. The minimum atomic E-state index is -4.63. The van der Waals surface area contributed by atoms with E-state index >= 15 is 0 Å². The molecule has 0 aromatic carbocycles. The first kappa shape index (κ1) is 19.9. The van der Waals surface area contributed by atoms with Crippen LogP contribution in [-0.4, -0.2) is 48.7 Å². The van der Waals surface area contributed by atoms with Crippen molar-refractivity contribution in [2.24, 2.45) is 7.05 Å². The van der Waals surface area contributed by atoms with E-state index < -0.39 is 21.7 Å². The maximum absolute atomic E-state index is 13.0. The molecule has 0 aliphatic carbocycles. The third-order valence-electron chi connectivity index (χ3n) is 4.49. The number of pyridine rings is 2. The van der Waals surface area contributed by atoms with Gasteiger partial charge < -0.3 is 4.57 Å². The SMILES string of the molecule is CCS(=O)(=O)c1ccc(-n2ccnn2)nc1-c1nc2cc(C(F)(F)F)ncc2n1C. The van der Waals surface area contributed by atoms with Gasteiger partial charge in [0.1, 0.15) is 11.4 Å². The highest BCUT2D eigenvalue weighted by molar-refractivity contribution is 7.91. The number of alkyl halides is 3. The number of aromatic nitrogens is 7. The number of hydrogen-bond donors (Lipinski definition) is 0. The molecule has 0 unspecified atom stereocenters. The van der Waals surface area contributed by atoms with E-state index in [4.69, 9.17) is 0 Å². The van der Waals surface area contributed by atoms with Crippen molar-refractivity contribution in [1.82, 2.24) is 34.5 Å². The van der Waals surface area contributed by atoms with E-state index in [0.717, 1.165) is 12.3 Å². The number of aryl methyl sites for hydroxylation is 1. The van der Waals surface area contributed by atoms with Crippen molar-refractivity contribution < 1.29 is 21.6 Å². The van der Waals surface area contributed by atoms with Crippen molar-refractivity contribution in [2.75, 3.05) is 5.75 Å². The molecule has 4 aromatic heterocycles. The summed E-state index contributed by atoms with van der Waals surface area (Å²) in [6.07, 6.45) is -0.635. The molecule has 0 aliphatic rings. The zero-order chi connectivity index (χ0) is 21.7. The van der Waals surface area contributed by atoms with Crippen LogP contribution in [0, 0.1) is 0 Å². The molecule has 0 saturated heterocycles. The summed E-state index contributed by atoms with van der Waals surface area (Å²) in [5.74, 6) is 0.174. The third kappa shape index (κ3) is 3.30. The Morgan fingerprint density at radius 3 is 2.57 bits per heavy atom. The van der Waals surface area contributed by atoms with Crippen LogP contribution in [0.25, 0.3) is 28.4 Å². The minimum Gasteiger partial charge on any atom is -0.324 e. The Balaban J connectivity index is 1.99. The van der Waals surface area contributed by atoms with E-state index in [9.17, 15) is 21.6 Å². The number of hydrogen-bond acceptors (Lipinski definition) is 7. The van der Waals surface area contributed by atoms with Crippen LogP contribution in [0.2, 0.25) is 0 Å². The molecular weight excluding hydrogens is 423 g/mol. The summed E-state index contributed by atoms with van der Waals surface area (Å²) >= 11 is 0. The average molecular weight is 437 g/mol. The van der Waals surface area contributed by atoms with Crippen molar-refractivity contribution in [3.8, 4) is 17.3 Å². The zero-order valence-electron chi connectivity index (χ0n) is 15.7. The second-order valence-corrected chi connectivity index (χ2v) is 8.56. The molecule has 0 atom stereocenters. The Bertz CT molecular complexity index is 1350. The number of rotatable bonds is 4. The Morgan fingerprint density at radius 1 is 1.17 bits per heavy atom. The van der Waals surface area contributed by atoms with Gasteiger partial charge in [-0.2, -0.15) is 13.2 Å². The molecule has 0 amide bonds. The Labute approximate surface area is 168 Å². The smallest absolute Gasteiger partial charge is 0.324 e. The van der Waals surface area contributed by atoms with E-state index in [-0.39, 0.29) is 33.5 Å². The summed E-state index contributed by atoms with van der Waals surface area (Å²) in [6, 6.07) is 3.65. The standard InChI is InChI=1S/C17H14F3N7O2S/c1-3-30(28,29)12-4-5-14(27-7-6-22-25-27)24-15(12)16-23-10-8-13(17(18,19)20)21-9-11(10)26(16)2/h4-9H,3H2,1-2H3. The quantitative estimate of drug-likeness (QED) is 0.482. The van der Waals surface area contributed by atoms with Crippen LogP contribution in [0.1, 0.15) is 12.6 Å². The third-order valence-corrected chi connectivity index (χ3v) is 6.24. The lowest BCUT2D eigenvalue weighted by Crippen LogP contribution is -2.11.